The molecule has 7 heteroatoms. The molecule has 0 aromatic carbocycles. The summed E-state index contributed by atoms with van der Waals surface area (Å²) in [5, 5.41) is 6.34. The Hall–Kier alpha value is -2.44. The second-order valence-electron chi connectivity index (χ2n) is 6.45. The first kappa shape index (κ1) is 17.9. The van der Waals surface area contributed by atoms with Gasteiger partial charge in [-0.15, -0.1) is 0 Å². The first-order valence-electron chi connectivity index (χ1n) is 8.26. The van der Waals surface area contributed by atoms with E-state index in [1.807, 2.05) is 13.0 Å². The number of aromatic nitrogens is 3. The van der Waals surface area contributed by atoms with Gasteiger partial charge in [0.05, 0.1) is 11.1 Å². The first-order valence-corrected chi connectivity index (χ1v) is 8.26. The molecule has 0 bridgehead atoms. The predicted molar refractivity (Wildman–Crippen MR) is 96.7 cm³/mol. The second kappa shape index (κ2) is 7.42. The van der Waals surface area contributed by atoms with E-state index < -0.39 is 0 Å². The molecule has 0 fully saturated rings. The lowest BCUT2D eigenvalue weighted by Gasteiger charge is -2.32. The maximum absolute atomic E-state index is 11.3. The van der Waals surface area contributed by atoms with Crippen LogP contribution in [0.1, 0.15) is 45.6 Å². The Labute approximate surface area is 142 Å². The summed E-state index contributed by atoms with van der Waals surface area (Å²) in [5.74, 6) is 0.754. The minimum atomic E-state index is -0.346. The number of rotatable bonds is 7. The zero-order valence-electron chi connectivity index (χ0n) is 14.8. The van der Waals surface area contributed by atoms with E-state index in [9.17, 15) is 4.79 Å². The number of nitrogens with two attached hydrogens (primary N) is 1. The van der Waals surface area contributed by atoms with Crippen molar-refractivity contribution in [3.05, 3.63) is 17.8 Å². The third kappa shape index (κ3) is 4.31. The van der Waals surface area contributed by atoms with Crippen LogP contribution in [0.25, 0.3) is 11.0 Å². The molecule has 0 radical (unpaired) electrons. The molecule has 7 nitrogen and oxygen atoms in total. The van der Waals surface area contributed by atoms with Gasteiger partial charge in [-0.1, -0.05) is 19.8 Å². The Morgan fingerprint density at radius 1 is 1.33 bits per heavy atom. The molecule has 1 amide bonds. The van der Waals surface area contributed by atoms with Crippen molar-refractivity contribution >= 4 is 28.7 Å². The fraction of sp³-hybridized carbons (Fsp3) is 0.529. The Balaban J connectivity index is 2.39. The van der Waals surface area contributed by atoms with Crippen molar-refractivity contribution in [2.24, 2.45) is 0 Å². The summed E-state index contributed by atoms with van der Waals surface area (Å²) in [5.41, 5.74) is 7.95. The van der Waals surface area contributed by atoms with Crippen molar-refractivity contribution in [1.82, 2.24) is 20.3 Å². The molecule has 130 valence electrons. The number of nitrogens with one attached hydrogen (secondary N) is 2. The van der Waals surface area contributed by atoms with Gasteiger partial charge in [-0.3, -0.25) is 9.78 Å². The van der Waals surface area contributed by atoms with Gasteiger partial charge >= 0.3 is 0 Å². The van der Waals surface area contributed by atoms with Crippen LogP contribution in [0.15, 0.2) is 12.3 Å². The van der Waals surface area contributed by atoms with E-state index in [-0.39, 0.29) is 17.4 Å². The maximum atomic E-state index is 11.3. The van der Waals surface area contributed by atoms with Crippen molar-refractivity contribution in [3.63, 3.8) is 0 Å². The summed E-state index contributed by atoms with van der Waals surface area (Å²) < 4.78 is 0. The van der Waals surface area contributed by atoms with E-state index in [0.717, 1.165) is 30.3 Å². The van der Waals surface area contributed by atoms with E-state index in [1.165, 1.54) is 6.92 Å². The molecule has 2 aromatic heterocycles. The summed E-state index contributed by atoms with van der Waals surface area (Å²) in [6.07, 6.45) is 4.73. The van der Waals surface area contributed by atoms with E-state index in [2.05, 4.69) is 39.4 Å². The highest BCUT2D eigenvalue weighted by Gasteiger charge is 2.26. The molecule has 0 aliphatic heterocycles. The normalized spacial score (nSPS) is 13.5. The molecule has 0 unspecified atom stereocenters. The number of pyridine rings is 1. The second-order valence-corrected chi connectivity index (χ2v) is 6.45. The van der Waals surface area contributed by atoms with Crippen LogP contribution in [0, 0.1) is 6.92 Å². The maximum Gasteiger partial charge on any atom is 0.222 e. The molecule has 0 saturated heterocycles. The summed E-state index contributed by atoms with van der Waals surface area (Å²) in [4.78, 5) is 24.4. The van der Waals surface area contributed by atoms with E-state index >= 15 is 0 Å². The van der Waals surface area contributed by atoms with Crippen LogP contribution in [0.4, 0.5) is 11.8 Å². The first-order chi connectivity index (χ1) is 11.3. The van der Waals surface area contributed by atoms with Gasteiger partial charge in [0.1, 0.15) is 5.52 Å². The van der Waals surface area contributed by atoms with Crippen LogP contribution in [0.3, 0.4) is 0 Å². The molecule has 0 saturated carbocycles. The van der Waals surface area contributed by atoms with Crippen LogP contribution in [0.5, 0.6) is 0 Å². The number of carbonyl (C=O) groups excluding carboxylic acids is 1. The fourth-order valence-electron chi connectivity index (χ4n) is 2.63. The monoisotopic (exact) mass is 330 g/mol. The fourth-order valence-corrected chi connectivity index (χ4v) is 2.63. The highest BCUT2D eigenvalue weighted by atomic mass is 16.1. The SMILES string of the molecule is CCCC[C@](C)(CNC(C)=O)Nc1nc(N)nc2c(C)ccnc12. The van der Waals surface area contributed by atoms with Gasteiger partial charge in [0.15, 0.2) is 5.82 Å². The molecule has 2 aromatic rings. The molecule has 1 atom stereocenters. The number of aryl methyl sites for hydroxylation is 1. The van der Waals surface area contributed by atoms with Crippen LogP contribution in [0.2, 0.25) is 0 Å². The summed E-state index contributed by atoms with van der Waals surface area (Å²) in [7, 11) is 0. The largest absolute Gasteiger partial charge is 0.368 e. The summed E-state index contributed by atoms with van der Waals surface area (Å²) in [6, 6.07) is 1.89. The molecule has 4 N–H and O–H groups in total. The molecular formula is C17H26N6O. The number of hydrogen-bond donors (Lipinski definition) is 3. The number of nitrogens with zero attached hydrogens (tertiary/aromatic N) is 3. The highest BCUT2D eigenvalue weighted by molar-refractivity contribution is 5.88. The van der Waals surface area contributed by atoms with Gasteiger partial charge in [-0.2, -0.15) is 4.98 Å². The van der Waals surface area contributed by atoms with Crippen molar-refractivity contribution < 1.29 is 4.79 Å². The Kier molecular flexibility index (Phi) is 5.54. The van der Waals surface area contributed by atoms with Gasteiger partial charge in [0.2, 0.25) is 11.9 Å². The topological polar surface area (TPSA) is 106 Å². The minimum Gasteiger partial charge on any atom is -0.368 e. The van der Waals surface area contributed by atoms with Gasteiger partial charge in [-0.25, -0.2) is 4.98 Å². The molecule has 2 rings (SSSR count). The van der Waals surface area contributed by atoms with Crippen molar-refractivity contribution in [3.8, 4) is 0 Å². The number of carbonyl (C=O) groups is 1. The van der Waals surface area contributed by atoms with Gasteiger partial charge in [0.25, 0.3) is 0 Å². The van der Waals surface area contributed by atoms with Crippen LogP contribution in [-0.2, 0) is 4.79 Å². The predicted octanol–water partition coefficient (Wildman–Crippen LogP) is 2.41. The summed E-state index contributed by atoms with van der Waals surface area (Å²) >= 11 is 0. The number of anilines is 2. The number of unbranched alkanes of at least 4 members (excludes halogenated alkanes) is 1. The van der Waals surface area contributed by atoms with Gasteiger partial charge < -0.3 is 16.4 Å². The summed E-state index contributed by atoms with van der Waals surface area (Å²) in [6.45, 7) is 8.19. The van der Waals surface area contributed by atoms with Crippen LogP contribution in [-0.4, -0.2) is 32.9 Å². The average Bonchev–Trinajstić information content (AvgIpc) is 2.52. The van der Waals surface area contributed by atoms with E-state index in [1.54, 1.807) is 6.20 Å². The molecule has 0 aliphatic carbocycles. The van der Waals surface area contributed by atoms with Crippen molar-refractivity contribution in [1.29, 1.82) is 0 Å². The Morgan fingerprint density at radius 3 is 2.75 bits per heavy atom. The van der Waals surface area contributed by atoms with Crippen LogP contribution < -0.4 is 16.4 Å². The molecule has 0 spiro atoms. The third-order valence-electron chi connectivity index (χ3n) is 4.03. The highest BCUT2D eigenvalue weighted by Crippen LogP contribution is 2.26. The smallest absolute Gasteiger partial charge is 0.222 e. The number of amides is 1. The lowest BCUT2D eigenvalue weighted by Crippen LogP contribution is -2.46. The zero-order valence-corrected chi connectivity index (χ0v) is 14.8. The molecular weight excluding hydrogens is 304 g/mol. The van der Waals surface area contributed by atoms with Crippen LogP contribution >= 0.6 is 0 Å². The minimum absolute atomic E-state index is 0.0550. The number of nitrogen functional groups attached to an aromatic ring is 1. The Bertz CT molecular complexity index is 732. The average molecular weight is 330 g/mol. The van der Waals surface area contributed by atoms with E-state index in [4.69, 9.17) is 5.73 Å². The lowest BCUT2D eigenvalue weighted by atomic mass is 9.94. The lowest BCUT2D eigenvalue weighted by molar-refractivity contribution is -0.119. The van der Waals surface area contributed by atoms with Crippen molar-refractivity contribution in [2.45, 2.75) is 52.5 Å². The Morgan fingerprint density at radius 2 is 2.08 bits per heavy atom. The molecule has 0 aliphatic rings. The van der Waals surface area contributed by atoms with Gasteiger partial charge in [-0.05, 0) is 31.9 Å². The number of fused-ring (bicyclic) bond motifs is 1. The standard InChI is InChI=1S/C17H26N6O/c1-5-6-8-17(4,10-20-12(3)24)23-15-14-13(21-16(18)22-15)11(2)7-9-19-14/h7,9H,5-6,8,10H2,1-4H3,(H,20,24)(H3,18,21,22,23)/t17-/m1/s1. The quantitative estimate of drug-likeness (QED) is 0.720. The third-order valence-corrected chi connectivity index (χ3v) is 4.03. The van der Waals surface area contributed by atoms with Gasteiger partial charge in [0, 0.05) is 19.7 Å². The molecule has 2 heterocycles. The van der Waals surface area contributed by atoms with E-state index in [0.29, 0.717) is 17.9 Å². The zero-order chi connectivity index (χ0) is 17.7. The number of hydrogen-bond acceptors (Lipinski definition) is 6. The van der Waals surface area contributed by atoms with Crippen molar-refractivity contribution in [2.75, 3.05) is 17.6 Å². The molecule has 24 heavy (non-hydrogen) atoms.